The van der Waals surface area contributed by atoms with E-state index in [1.165, 1.54) is 51.4 Å². The zero-order valence-electron chi connectivity index (χ0n) is 21.7. The number of ketones is 1. The molecule has 32 heavy (non-hydrogen) atoms. The molecule has 5 saturated carbocycles. The Kier molecular flexibility index (Phi) is 5.03. The Hall–Kier alpha value is -0.630. The number of carbonyl (C=O) groups is 1. The minimum atomic E-state index is -0.115. The van der Waals surface area contributed by atoms with Crippen LogP contribution in [0.15, 0.2) is 12.2 Å². The van der Waals surface area contributed by atoms with Crippen LogP contribution < -0.4 is 0 Å². The van der Waals surface area contributed by atoms with E-state index in [0.29, 0.717) is 39.9 Å². The van der Waals surface area contributed by atoms with Crippen LogP contribution in [0, 0.1) is 50.7 Å². The third kappa shape index (κ3) is 2.65. The minimum absolute atomic E-state index is 0.0803. The lowest BCUT2D eigenvalue weighted by Crippen LogP contribution is -2.57. The van der Waals surface area contributed by atoms with Gasteiger partial charge in [-0.15, -0.1) is 0 Å². The average molecular weight is 441 g/mol. The van der Waals surface area contributed by atoms with Gasteiger partial charge in [-0.1, -0.05) is 41.2 Å². The van der Waals surface area contributed by atoms with E-state index in [-0.39, 0.29) is 17.3 Å². The van der Waals surface area contributed by atoms with Crippen LogP contribution >= 0.6 is 0 Å². The highest BCUT2D eigenvalue weighted by atomic mass is 16.3. The van der Waals surface area contributed by atoms with Crippen molar-refractivity contribution >= 4 is 5.78 Å². The van der Waals surface area contributed by atoms with Gasteiger partial charge in [-0.2, -0.15) is 0 Å². The van der Waals surface area contributed by atoms with Gasteiger partial charge >= 0.3 is 0 Å². The zero-order chi connectivity index (χ0) is 23.3. The maximum Gasteiger partial charge on any atom is 0.157 e. The third-order valence-corrected chi connectivity index (χ3v) is 13.1. The molecule has 2 spiro atoms. The maximum absolute atomic E-state index is 12.2. The topological polar surface area (TPSA) is 37.3 Å². The Balaban J connectivity index is 1.39. The number of hydrogen-bond acceptors (Lipinski definition) is 2. The number of carbonyl (C=O) groups excluding carboxylic acids is 1. The Morgan fingerprint density at radius 3 is 2.28 bits per heavy atom. The number of Topliss-reactive ketones (excluding diaryl/α,β-unsaturated/α-hetero) is 1. The fourth-order valence-electron chi connectivity index (χ4n) is 11.1. The van der Waals surface area contributed by atoms with E-state index in [1.54, 1.807) is 0 Å². The lowest BCUT2D eigenvalue weighted by molar-refractivity contribution is -0.161. The lowest BCUT2D eigenvalue weighted by atomic mass is 9.41. The standard InChI is InChI=1S/C30H48O2/c1-19(2)22(31)9-8-20(3)21-12-14-28(7)24-11-10-23-26(4,5)25(32)13-15-29(23)18-30(24,29)17-16-27(21,28)6/h20-21,23-25,32H,1,8-18H2,2-7H3/t20-,21-,23?,24+,25+,27-,28+,29-,30+/m1/s1. The number of hydrogen-bond donors (Lipinski definition) is 1. The fourth-order valence-corrected chi connectivity index (χ4v) is 11.1. The largest absolute Gasteiger partial charge is 0.393 e. The predicted octanol–water partition coefficient (Wildman–Crippen LogP) is 7.35. The summed E-state index contributed by atoms with van der Waals surface area (Å²) in [6, 6.07) is 0. The number of fused-ring (bicyclic) bond motifs is 2. The molecule has 0 radical (unpaired) electrons. The molecule has 0 amide bonds. The summed E-state index contributed by atoms with van der Waals surface area (Å²) < 4.78 is 0. The second-order valence-electron chi connectivity index (χ2n) is 14.2. The molecule has 0 heterocycles. The van der Waals surface area contributed by atoms with Crippen molar-refractivity contribution in [3.8, 4) is 0 Å². The highest BCUT2D eigenvalue weighted by molar-refractivity contribution is 5.94. The molecule has 5 fully saturated rings. The van der Waals surface area contributed by atoms with Gasteiger partial charge in [-0.3, -0.25) is 4.79 Å². The first-order valence-electron chi connectivity index (χ1n) is 13.7. The highest BCUT2D eigenvalue weighted by Gasteiger charge is 2.82. The maximum atomic E-state index is 12.2. The summed E-state index contributed by atoms with van der Waals surface area (Å²) >= 11 is 0. The van der Waals surface area contributed by atoms with Gasteiger partial charge in [0.2, 0.25) is 0 Å². The van der Waals surface area contributed by atoms with Gasteiger partial charge in [-0.05, 0) is 127 Å². The molecule has 180 valence electrons. The van der Waals surface area contributed by atoms with E-state index in [4.69, 9.17) is 0 Å². The van der Waals surface area contributed by atoms with Crippen LogP contribution in [0.1, 0.15) is 112 Å². The Morgan fingerprint density at radius 2 is 1.59 bits per heavy atom. The quantitative estimate of drug-likeness (QED) is 0.454. The first kappa shape index (κ1) is 23.1. The smallest absolute Gasteiger partial charge is 0.157 e. The number of allylic oxidation sites excluding steroid dienone is 1. The van der Waals surface area contributed by atoms with Crippen molar-refractivity contribution in [3.05, 3.63) is 12.2 Å². The molecule has 2 nitrogen and oxygen atoms in total. The van der Waals surface area contributed by atoms with E-state index in [0.717, 1.165) is 30.3 Å². The van der Waals surface area contributed by atoms with Crippen molar-refractivity contribution < 1.29 is 9.90 Å². The molecule has 0 aromatic carbocycles. The van der Waals surface area contributed by atoms with Crippen molar-refractivity contribution in [1.29, 1.82) is 0 Å². The van der Waals surface area contributed by atoms with Crippen molar-refractivity contribution in [2.24, 2.45) is 50.7 Å². The molecular weight excluding hydrogens is 392 g/mol. The molecule has 2 heteroatoms. The normalized spacial score (nSPS) is 51.6. The molecule has 1 N–H and O–H groups in total. The number of aliphatic hydroxyl groups is 1. The van der Waals surface area contributed by atoms with E-state index >= 15 is 0 Å². The summed E-state index contributed by atoms with van der Waals surface area (Å²) in [4.78, 5) is 12.2. The summed E-state index contributed by atoms with van der Waals surface area (Å²) in [5, 5.41) is 10.8. The van der Waals surface area contributed by atoms with Gasteiger partial charge in [0, 0.05) is 6.42 Å². The summed E-state index contributed by atoms with van der Waals surface area (Å²) in [5.41, 5.74) is 2.75. The monoisotopic (exact) mass is 440 g/mol. The molecule has 1 unspecified atom stereocenters. The molecule has 5 rings (SSSR count). The molecule has 0 aromatic heterocycles. The Bertz CT molecular complexity index is 827. The molecule has 0 aliphatic heterocycles. The highest BCUT2D eigenvalue weighted by Crippen LogP contribution is 2.89. The minimum Gasteiger partial charge on any atom is -0.393 e. The van der Waals surface area contributed by atoms with Gasteiger partial charge in [0.05, 0.1) is 6.10 Å². The second kappa shape index (κ2) is 6.96. The molecular formula is C30H48O2. The first-order valence-corrected chi connectivity index (χ1v) is 13.7. The Labute approximate surface area is 197 Å². The van der Waals surface area contributed by atoms with E-state index in [1.807, 2.05) is 6.92 Å². The van der Waals surface area contributed by atoms with Gasteiger partial charge < -0.3 is 5.11 Å². The summed E-state index contributed by atoms with van der Waals surface area (Å²) in [5.74, 6) is 3.20. The molecule has 5 aliphatic rings. The van der Waals surface area contributed by atoms with Crippen LogP contribution in [0.3, 0.4) is 0 Å². The van der Waals surface area contributed by atoms with Crippen LogP contribution in [0.5, 0.6) is 0 Å². The van der Waals surface area contributed by atoms with E-state index in [9.17, 15) is 9.90 Å². The predicted molar refractivity (Wildman–Crippen MR) is 131 cm³/mol. The summed E-state index contributed by atoms with van der Waals surface area (Å²) in [6.07, 6.45) is 13.6. The van der Waals surface area contributed by atoms with Crippen molar-refractivity contribution in [2.45, 2.75) is 118 Å². The fraction of sp³-hybridized carbons (Fsp3) is 0.900. The van der Waals surface area contributed by atoms with E-state index < -0.39 is 0 Å². The van der Waals surface area contributed by atoms with Crippen molar-refractivity contribution in [2.75, 3.05) is 0 Å². The van der Waals surface area contributed by atoms with Gasteiger partial charge in [0.15, 0.2) is 5.78 Å². The van der Waals surface area contributed by atoms with Crippen LogP contribution in [0.25, 0.3) is 0 Å². The Morgan fingerprint density at radius 1 is 0.938 bits per heavy atom. The number of aliphatic hydroxyl groups excluding tert-OH is 1. The van der Waals surface area contributed by atoms with Crippen LogP contribution in [0.2, 0.25) is 0 Å². The molecule has 0 saturated heterocycles. The number of rotatable bonds is 5. The zero-order valence-corrected chi connectivity index (χ0v) is 21.7. The summed E-state index contributed by atoms with van der Waals surface area (Å²) in [7, 11) is 0. The van der Waals surface area contributed by atoms with Crippen LogP contribution in [0.4, 0.5) is 0 Å². The van der Waals surface area contributed by atoms with Gasteiger partial charge in [-0.25, -0.2) is 0 Å². The van der Waals surface area contributed by atoms with Crippen molar-refractivity contribution in [1.82, 2.24) is 0 Å². The average Bonchev–Trinajstić information content (AvgIpc) is 3.31. The lowest BCUT2D eigenvalue weighted by Gasteiger charge is -2.63. The third-order valence-electron chi connectivity index (χ3n) is 13.1. The molecule has 5 aliphatic carbocycles. The van der Waals surface area contributed by atoms with Gasteiger partial charge in [0.25, 0.3) is 0 Å². The SMILES string of the molecule is C=C(C)C(=O)CC[C@@H](C)[C@H]1CC[C@@]2(C)[C@@H]3CCC4C(C)(C)[C@@H](O)CC[C@@]45C[C@@]35CC[C@]12C. The summed E-state index contributed by atoms with van der Waals surface area (Å²) in [6.45, 7) is 18.2. The van der Waals surface area contributed by atoms with Crippen molar-refractivity contribution in [3.63, 3.8) is 0 Å². The van der Waals surface area contributed by atoms with Crippen LogP contribution in [-0.4, -0.2) is 17.0 Å². The molecule has 9 atom stereocenters. The van der Waals surface area contributed by atoms with Gasteiger partial charge in [0.1, 0.15) is 0 Å². The second-order valence-corrected chi connectivity index (χ2v) is 14.2. The van der Waals surface area contributed by atoms with E-state index in [2.05, 4.69) is 41.2 Å². The van der Waals surface area contributed by atoms with Crippen LogP contribution in [-0.2, 0) is 4.79 Å². The molecule has 0 aromatic rings. The first-order chi connectivity index (χ1) is 14.9. The molecule has 0 bridgehead atoms.